The molecule has 0 saturated carbocycles. The minimum atomic E-state index is -3.67. The standard InChI is InChI=1S/C11H14O6S/c1-17-9-4-3-8(11(13)14)7-10(9)18(15,16)6-2-5-12/h3-4,7,12H,2,5-6H2,1H3,(H,13,14). The lowest BCUT2D eigenvalue weighted by Gasteiger charge is -2.10. The summed E-state index contributed by atoms with van der Waals surface area (Å²) in [5.74, 6) is -1.38. The molecule has 18 heavy (non-hydrogen) atoms. The van der Waals surface area contributed by atoms with E-state index < -0.39 is 15.8 Å². The molecule has 1 aromatic rings. The van der Waals surface area contributed by atoms with Crippen LogP contribution in [0.3, 0.4) is 0 Å². The number of carboxylic acids is 1. The van der Waals surface area contributed by atoms with Crippen molar-refractivity contribution in [1.29, 1.82) is 0 Å². The Labute approximate surface area is 105 Å². The summed E-state index contributed by atoms with van der Waals surface area (Å²) in [6, 6.07) is 3.63. The van der Waals surface area contributed by atoms with E-state index in [4.69, 9.17) is 14.9 Å². The molecule has 0 atom stereocenters. The Morgan fingerprint density at radius 2 is 2.06 bits per heavy atom. The van der Waals surface area contributed by atoms with Crippen molar-refractivity contribution in [2.24, 2.45) is 0 Å². The van der Waals surface area contributed by atoms with E-state index in [1.54, 1.807) is 0 Å². The predicted octanol–water partition coefficient (Wildman–Crippen LogP) is 0.549. The summed E-state index contributed by atoms with van der Waals surface area (Å²) >= 11 is 0. The van der Waals surface area contributed by atoms with Gasteiger partial charge in [0.25, 0.3) is 0 Å². The number of carboxylic acid groups (broad SMARTS) is 1. The average molecular weight is 274 g/mol. The number of hydrogen-bond acceptors (Lipinski definition) is 5. The van der Waals surface area contributed by atoms with E-state index in [1.807, 2.05) is 0 Å². The Morgan fingerprint density at radius 3 is 2.56 bits per heavy atom. The third kappa shape index (κ3) is 3.21. The number of benzene rings is 1. The van der Waals surface area contributed by atoms with Gasteiger partial charge in [0, 0.05) is 6.61 Å². The number of ether oxygens (including phenoxy) is 1. The van der Waals surface area contributed by atoms with E-state index in [2.05, 4.69) is 0 Å². The number of carbonyl (C=O) groups is 1. The van der Waals surface area contributed by atoms with Crippen molar-refractivity contribution in [2.45, 2.75) is 11.3 Å². The van der Waals surface area contributed by atoms with Gasteiger partial charge < -0.3 is 14.9 Å². The van der Waals surface area contributed by atoms with Crippen molar-refractivity contribution in [3.05, 3.63) is 23.8 Å². The minimum Gasteiger partial charge on any atom is -0.495 e. The van der Waals surface area contributed by atoms with E-state index in [0.29, 0.717) is 0 Å². The van der Waals surface area contributed by atoms with Gasteiger partial charge in [0.05, 0.1) is 18.4 Å². The maximum Gasteiger partial charge on any atom is 0.335 e. The lowest BCUT2D eigenvalue weighted by Crippen LogP contribution is -2.11. The third-order valence-electron chi connectivity index (χ3n) is 2.32. The van der Waals surface area contributed by atoms with Crippen molar-refractivity contribution in [2.75, 3.05) is 19.5 Å². The maximum atomic E-state index is 12.0. The number of hydrogen-bond donors (Lipinski definition) is 2. The first kappa shape index (κ1) is 14.5. The molecule has 0 aliphatic carbocycles. The first-order valence-corrected chi connectivity index (χ1v) is 6.82. The number of aliphatic hydroxyl groups is 1. The number of rotatable bonds is 6. The summed E-state index contributed by atoms with van der Waals surface area (Å²) in [6.07, 6.45) is 0.0861. The molecule has 0 aromatic heterocycles. The van der Waals surface area contributed by atoms with Crippen molar-refractivity contribution < 1.29 is 28.2 Å². The minimum absolute atomic E-state index is 0.0861. The summed E-state index contributed by atoms with van der Waals surface area (Å²) in [4.78, 5) is 10.6. The predicted molar refractivity (Wildman–Crippen MR) is 63.7 cm³/mol. The van der Waals surface area contributed by atoms with Crippen LogP contribution in [0.25, 0.3) is 0 Å². The fraction of sp³-hybridized carbons (Fsp3) is 0.364. The van der Waals surface area contributed by atoms with Gasteiger partial charge in [-0.05, 0) is 24.6 Å². The lowest BCUT2D eigenvalue weighted by atomic mass is 10.2. The van der Waals surface area contributed by atoms with Gasteiger partial charge in [-0.3, -0.25) is 0 Å². The second-order valence-corrected chi connectivity index (χ2v) is 5.64. The molecule has 0 aliphatic heterocycles. The zero-order chi connectivity index (χ0) is 13.8. The molecule has 0 saturated heterocycles. The van der Waals surface area contributed by atoms with Crippen LogP contribution in [0.5, 0.6) is 5.75 Å². The molecule has 0 radical (unpaired) electrons. The molecule has 0 bridgehead atoms. The highest BCUT2D eigenvalue weighted by molar-refractivity contribution is 7.91. The summed E-state index contributed by atoms with van der Waals surface area (Å²) in [5, 5.41) is 17.5. The highest BCUT2D eigenvalue weighted by Crippen LogP contribution is 2.26. The van der Waals surface area contributed by atoms with Crippen LogP contribution in [-0.4, -0.2) is 44.1 Å². The average Bonchev–Trinajstić information content (AvgIpc) is 2.35. The van der Waals surface area contributed by atoms with Gasteiger partial charge in [0.1, 0.15) is 10.6 Å². The summed E-state index contributed by atoms with van der Waals surface area (Å²) < 4.78 is 28.8. The van der Waals surface area contributed by atoms with Crippen LogP contribution < -0.4 is 4.74 Å². The van der Waals surface area contributed by atoms with Crippen LogP contribution in [0.15, 0.2) is 23.1 Å². The van der Waals surface area contributed by atoms with E-state index in [9.17, 15) is 13.2 Å². The van der Waals surface area contributed by atoms with Crippen LogP contribution in [-0.2, 0) is 9.84 Å². The van der Waals surface area contributed by atoms with Crippen molar-refractivity contribution in [3.8, 4) is 5.75 Å². The molecular weight excluding hydrogens is 260 g/mol. The topological polar surface area (TPSA) is 101 Å². The molecule has 1 rings (SSSR count). The molecule has 100 valence electrons. The SMILES string of the molecule is COc1ccc(C(=O)O)cc1S(=O)(=O)CCCO. The second kappa shape index (κ2) is 5.83. The maximum absolute atomic E-state index is 12.0. The van der Waals surface area contributed by atoms with Gasteiger partial charge >= 0.3 is 5.97 Å². The molecule has 0 heterocycles. The number of sulfone groups is 1. The zero-order valence-corrected chi connectivity index (χ0v) is 10.6. The number of methoxy groups -OCH3 is 1. The van der Waals surface area contributed by atoms with Gasteiger partial charge in [-0.1, -0.05) is 0 Å². The molecule has 6 nitrogen and oxygen atoms in total. The van der Waals surface area contributed by atoms with E-state index >= 15 is 0 Å². The normalized spacial score (nSPS) is 11.2. The lowest BCUT2D eigenvalue weighted by molar-refractivity contribution is 0.0696. The molecule has 7 heteroatoms. The van der Waals surface area contributed by atoms with E-state index in [0.717, 1.165) is 6.07 Å². The van der Waals surface area contributed by atoms with Crippen molar-refractivity contribution in [1.82, 2.24) is 0 Å². The summed E-state index contributed by atoms with van der Waals surface area (Å²) in [5.41, 5.74) is -0.127. The molecular formula is C11H14O6S. The molecule has 0 aliphatic rings. The quantitative estimate of drug-likeness (QED) is 0.785. The molecule has 0 unspecified atom stereocenters. The smallest absolute Gasteiger partial charge is 0.335 e. The van der Waals surface area contributed by atoms with E-state index in [1.165, 1.54) is 19.2 Å². The first-order valence-electron chi connectivity index (χ1n) is 5.17. The van der Waals surface area contributed by atoms with Gasteiger partial charge in [-0.25, -0.2) is 13.2 Å². The fourth-order valence-electron chi connectivity index (χ4n) is 1.42. The summed E-state index contributed by atoms with van der Waals surface area (Å²) in [6.45, 7) is -0.250. The zero-order valence-electron chi connectivity index (χ0n) is 9.79. The van der Waals surface area contributed by atoms with E-state index in [-0.39, 0.29) is 35.0 Å². The third-order valence-corrected chi connectivity index (χ3v) is 4.13. The van der Waals surface area contributed by atoms with Crippen LogP contribution in [0.1, 0.15) is 16.8 Å². The molecule has 2 N–H and O–H groups in total. The van der Waals surface area contributed by atoms with Crippen LogP contribution in [0.4, 0.5) is 0 Å². The second-order valence-electron chi connectivity index (χ2n) is 3.57. The van der Waals surface area contributed by atoms with Gasteiger partial charge in [0.15, 0.2) is 9.84 Å². The van der Waals surface area contributed by atoms with Gasteiger partial charge in [-0.15, -0.1) is 0 Å². The van der Waals surface area contributed by atoms with Crippen molar-refractivity contribution >= 4 is 15.8 Å². The Balaban J connectivity index is 3.27. The number of aromatic carboxylic acids is 1. The Hall–Kier alpha value is -1.60. The first-order chi connectivity index (χ1) is 8.42. The number of aliphatic hydroxyl groups excluding tert-OH is 1. The molecule has 0 fully saturated rings. The summed E-state index contributed by atoms with van der Waals surface area (Å²) in [7, 11) is -2.36. The Morgan fingerprint density at radius 1 is 1.39 bits per heavy atom. The Bertz CT molecular complexity index is 534. The van der Waals surface area contributed by atoms with Crippen molar-refractivity contribution in [3.63, 3.8) is 0 Å². The van der Waals surface area contributed by atoms with Crippen LogP contribution >= 0.6 is 0 Å². The van der Waals surface area contributed by atoms with Crippen LogP contribution in [0, 0.1) is 0 Å². The fourth-order valence-corrected chi connectivity index (χ4v) is 2.91. The van der Waals surface area contributed by atoms with Gasteiger partial charge in [0.2, 0.25) is 0 Å². The van der Waals surface area contributed by atoms with Crippen LogP contribution in [0.2, 0.25) is 0 Å². The largest absolute Gasteiger partial charge is 0.495 e. The molecule has 1 aromatic carbocycles. The molecule has 0 spiro atoms. The monoisotopic (exact) mass is 274 g/mol. The Kier molecular flexibility index (Phi) is 4.69. The molecule has 0 amide bonds. The highest BCUT2D eigenvalue weighted by Gasteiger charge is 2.21. The van der Waals surface area contributed by atoms with Gasteiger partial charge in [-0.2, -0.15) is 0 Å². The highest BCUT2D eigenvalue weighted by atomic mass is 32.2.